The maximum Gasteiger partial charge on any atom is 0.405 e. The van der Waals surface area contributed by atoms with Crippen molar-refractivity contribution in [2.45, 2.75) is 79.1 Å². The maximum atomic E-state index is 13.5. The zero-order chi connectivity index (χ0) is 31.0. The minimum absolute atomic E-state index is 0.0474. The molecule has 10 heteroatoms. The Morgan fingerprint density at radius 1 is 1.20 bits per heavy atom. The average Bonchev–Trinajstić information content (AvgIpc) is 2.90. The molecule has 1 aliphatic heterocycles. The number of fused-ring (bicyclic) bond motifs is 2. The molecule has 41 heavy (non-hydrogen) atoms. The van der Waals surface area contributed by atoms with Crippen LogP contribution in [0.5, 0.6) is 0 Å². The first-order valence-electron chi connectivity index (χ1n) is 14.0. The van der Waals surface area contributed by atoms with Gasteiger partial charge in [0.1, 0.15) is 6.10 Å². The van der Waals surface area contributed by atoms with Gasteiger partial charge in [-0.15, -0.1) is 6.58 Å². The zero-order valence-corrected chi connectivity index (χ0v) is 24.9. The lowest BCUT2D eigenvalue weighted by molar-refractivity contribution is -0.120. The Bertz CT molecular complexity index is 1170. The van der Waals surface area contributed by atoms with Crippen molar-refractivity contribution in [3.8, 4) is 0 Å². The van der Waals surface area contributed by atoms with Crippen LogP contribution in [0.4, 0.5) is 4.79 Å². The third-order valence-corrected chi connectivity index (χ3v) is 7.79. The lowest BCUT2D eigenvalue weighted by atomic mass is 9.81. The minimum atomic E-state index is -1.02. The number of ketones is 2. The summed E-state index contributed by atoms with van der Waals surface area (Å²) in [6.45, 7) is 14.6. The van der Waals surface area contributed by atoms with E-state index in [4.69, 9.17) is 10.5 Å². The first-order valence-corrected chi connectivity index (χ1v) is 14.0. The molecule has 7 atom stereocenters. The number of ether oxygens (including phenoxy) is 1. The summed E-state index contributed by atoms with van der Waals surface area (Å²) in [5.74, 6) is -2.68. The summed E-state index contributed by atoms with van der Waals surface area (Å²) < 4.78 is 5.36. The molecular formula is C31H45N3O7. The van der Waals surface area contributed by atoms with E-state index >= 15 is 0 Å². The van der Waals surface area contributed by atoms with E-state index in [-0.39, 0.29) is 59.7 Å². The molecule has 226 valence electrons. The number of amides is 2. The van der Waals surface area contributed by atoms with Crippen LogP contribution >= 0.6 is 0 Å². The molecule has 0 radical (unpaired) electrons. The summed E-state index contributed by atoms with van der Waals surface area (Å²) in [5, 5.41) is 27.6. The molecule has 0 aromatic rings. The standard InChI is InChI=1S/C31H45N3O7/c1-8-11-33-26-22-13-16(2)12-18(4)27(37)19(5)14-20(6)29(41-31(32)40)21(7)24(35)10-9-17(3)30(39)34-23(28(22)38)15-25(26)36/h8-9,14-16,18-19,21,24,27,29,33,35,37H,1,10-13H2,2-7H3,(H2,32,40)(H,34,39)/b17-9+,20-14+/t16-,18-,19-,21-,24?,27-,29-/m0/s1. The van der Waals surface area contributed by atoms with Gasteiger partial charge in [0, 0.05) is 35.6 Å². The molecule has 10 nitrogen and oxygen atoms in total. The Morgan fingerprint density at radius 3 is 2.46 bits per heavy atom. The van der Waals surface area contributed by atoms with Crippen LogP contribution in [0, 0.1) is 23.7 Å². The molecule has 1 unspecified atom stereocenters. The van der Waals surface area contributed by atoms with Gasteiger partial charge in [0.2, 0.25) is 11.6 Å². The second-order valence-corrected chi connectivity index (χ2v) is 11.4. The highest BCUT2D eigenvalue weighted by Crippen LogP contribution is 2.30. The van der Waals surface area contributed by atoms with Gasteiger partial charge in [-0.1, -0.05) is 45.9 Å². The van der Waals surface area contributed by atoms with E-state index in [1.807, 2.05) is 26.8 Å². The van der Waals surface area contributed by atoms with Gasteiger partial charge in [-0.2, -0.15) is 0 Å². The summed E-state index contributed by atoms with van der Waals surface area (Å²) in [7, 11) is 0. The highest BCUT2D eigenvalue weighted by molar-refractivity contribution is 6.23. The van der Waals surface area contributed by atoms with Crippen molar-refractivity contribution < 1.29 is 34.1 Å². The summed E-state index contributed by atoms with van der Waals surface area (Å²) in [6.07, 6.45) is 3.25. The van der Waals surface area contributed by atoms with Crippen LogP contribution < -0.4 is 16.4 Å². The van der Waals surface area contributed by atoms with E-state index in [9.17, 15) is 29.4 Å². The molecule has 2 aliphatic rings. The highest BCUT2D eigenvalue weighted by atomic mass is 16.6. The van der Waals surface area contributed by atoms with Gasteiger partial charge < -0.3 is 31.3 Å². The molecule has 1 aliphatic carbocycles. The van der Waals surface area contributed by atoms with E-state index in [2.05, 4.69) is 17.2 Å². The number of carbonyl (C=O) groups excluding carboxylic acids is 4. The molecule has 0 spiro atoms. The normalized spacial score (nSPS) is 33.5. The van der Waals surface area contributed by atoms with Crippen LogP contribution in [0.1, 0.15) is 60.8 Å². The number of primary amides is 1. The van der Waals surface area contributed by atoms with E-state index < -0.39 is 47.8 Å². The second kappa shape index (κ2) is 14.9. The van der Waals surface area contributed by atoms with Crippen molar-refractivity contribution in [3.63, 3.8) is 0 Å². The van der Waals surface area contributed by atoms with Gasteiger partial charge in [0.15, 0.2) is 0 Å². The van der Waals surface area contributed by atoms with Crippen molar-refractivity contribution >= 4 is 23.6 Å². The molecule has 0 aromatic heterocycles. The van der Waals surface area contributed by atoms with Crippen LogP contribution in [0.25, 0.3) is 0 Å². The Balaban J connectivity index is 2.55. The summed E-state index contributed by atoms with van der Waals surface area (Å²) in [4.78, 5) is 51.2. The second-order valence-electron chi connectivity index (χ2n) is 11.4. The fourth-order valence-electron chi connectivity index (χ4n) is 5.45. The number of Topliss-reactive ketones (excluding diaryl/α,β-unsaturated/α-hetero) is 1. The molecular weight excluding hydrogens is 526 g/mol. The van der Waals surface area contributed by atoms with E-state index in [1.54, 1.807) is 19.9 Å². The molecule has 0 aromatic carbocycles. The van der Waals surface area contributed by atoms with E-state index in [0.717, 1.165) is 6.08 Å². The van der Waals surface area contributed by atoms with Crippen molar-refractivity contribution in [3.05, 3.63) is 59.0 Å². The highest BCUT2D eigenvalue weighted by Gasteiger charge is 2.33. The molecule has 0 saturated heterocycles. The van der Waals surface area contributed by atoms with Crippen molar-refractivity contribution in [1.82, 2.24) is 10.6 Å². The number of aliphatic hydroxyl groups is 2. The van der Waals surface area contributed by atoms with E-state index in [0.29, 0.717) is 12.0 Å². The molecule has 0 fully saturated rings. The fraction of sp³-hybridized carbons (Fsp3) is 0.548. The van der Waals surface area contributed by atoms with Gasteiger partial charge in [0.05, 0.1) is 23.6 Å². The topological polar surface area (TPSA) is 168 Å². The van der Waals surface area contributed by atoms with Gasteiger partial charge >= 0.3 is 6.09 Å². The molecule has 2 rings (SSSR count). The summed E-state index contributed by atoms with van der Waals surface area (Å²) in [5.41, 5.74) is 6.51. The number of allylic oxidation sites excluding steroid dienone is 2. The average molecular weight is 572 g/mol. The number of hydrogen-bond donors (Lipinski definition) is 5. The number of carbonyl (C=O) groups is 4. The number of rotatable bonds is 4. The predicted octanol–water partition coefficient (Wildman–Crippen LogP) is 2.97. The predicted molar refractivity (Wildman–Crippen MR) is 156 cm³/mol. The minimum Gasteiger partial charge on any atom is -0.441 e. The molecule has 2 amide bonds. The monoisotopic (exact) mass is 571 g/mol. The van der Waals surface area contributed by atoms with Gasteiger partial charge in [-0.3, -0.25) is 14.4 Å². The van der Waals surface area contributed by atoms with Crippen LogP contribution in [0.15, 0.2) is 59.0 Å². The smallest absolute Gasteiger partial charge is 0.405 e. The quantitative estimate of drug-likeness (QED) is 0.253. The van der Waals surface area contributed by atoms with Gasteiger partial charge in [0.25, 0.3) is 5.91 Å². The number of nitrogens with one attached hydrogen (secondary N) is 2. The maximum absolute atomic E-state index is 13.5. The lowest BCUT2D eigenvalue weighted by Gasteiger charge is -2.30. The van der Waals surface area contributed by atoms with Crippen molar-refractivity contribution in [2.24, 2.45) is 29.4 Å². The first kappa shape index (κ1) is 33.7. The molecule has 6 N–H and O–H groups in total. The summed E-state index contributed by atoms with van der Waals surface area (Å²) >= 11 is 0. The lowest BCUT2D eigenvalue weighted by Crippen LogP contribution is -2.36. The van der Waals surface area contributed by atoms with Gasteiger partial charge in [-0.25, -0.2) is 4.79 Å². The van der Waals surface area contributed by atoms with Crippen LogP contribution in [0.3, 0.4) is 0 Å². The Morgan fingerprint density at radius 2 is 1.85 bits per heavy atom. The summed E-state index contributed by atoms with van der Waals surface area (Å²) in [6, 6.07) is 0. The molecule has 2 bridgehead atoms. The van der Waals surface area contributed by atoms with Crippen LogP contribution in [-0.2, 0) is 19.1 Å². The number of nitrogens with two attached hydrogens (primary N) is 1. The third-order valence-electron chi connectivity index (χ3n) is 7.79. The number of hydrogen-bond acceptors (Lipinski definition) is 8. The van der Waals surface area contributed by atoms with Crippen molar-refractivity contribution in [2.75, 3.05) is 6.54 Å². The molecule has 0 saturated carbocycles. The Kier molecular flexibility index (Phi) is 12.3. The largest absolute Gasteiger partial charge is 0.441 e. The van der Waals surface area contributed by atoms with Crippen molar-refractivity contribution in [1.29, 1.82) is 0 Å². The van der Waals surface area contributed by atoms with Crippen LogP contribution in [-0.4, -0.2) is 58.6 Å². The molecule has 1 heterocycles. The fourth-order valence-corrected chi connectivity index (χ4v) is 5.45. The number of aliphatic hydroxyl groups excluding tert-OH is 2. The Labute approximate surface area is 242 Å². The SMILES string of the molecule is C=CCNC1=C2C[C@@H](C)C[C@H](C)[C@H](O)[C@@H](C)/C=C(\C)[C@H](OC(N)=O)[C@@H](C)C(O)C/C=C(\C)C(=O)NC(=CC1=O)C2=O. The zero-order valence-electron chi connectivity index (χ0n) is 24.9. The Hall–Kier alpha value is -3.50. The van der Waals surface area contributed by atoms with E-state index in [1.165, 1.54) is 13.0 Å². The van der Waals surface area contributed by atoms with Gasteiger partial charge in [-0.05, 0) is 50.5 Å². The third kappa shape index (κ3) is 8.99. The first-order chi connectivity index (χ1) is 19.2. The van der Waals surface area contributed by atoms with Crippen LogP contribution in [0.2, 0.25) is 0 Å².